The Balaban J connectivity index is 0.00000441. The first-order valence-electron chi connectivity index (χ1n) is 7.82. The Bertz CT molecular complexity index is 423. The first kappa shape index (κ1) is 20.7. The van der Waals surface area contributed by atoms with Gasteiger partial charge in [0.1, 0.15) is 5.75 Å². The van der Waals surface area contributed by atoms with Crippen LogP contribution in [0.15, 0.2) is 24.3 Å². The lowest BCUT2D eigenvalue weighted by molar-refractivity contribution is -0.123. The summed E-state index contributed by atoms with van der Waals surface area (Å²) in [6.45, 7) is 4.18. The van der Waals surface area contributed by atoms with E-state index in [4.69, 9.17) is 10.5 Å². The maximum atomic E-state index is 12.1. The lowest BCUT2D eigenvalue weighted by Gasteiger charge is -2.21. The summed E-state index contributed by atoms with van der Waals surface area (Å²) in [7, 11) is 1.65. The number of carbonyl (C=O) groups excluding carboxylic acids is 1. The summed E-state index contributed by atoms with van der Waals surface area (Å²) in [4.78, 5) is 12.1. The summed E-state index contributed by atoms with van der Waals surface area (Å²) in [5.41, 5.74) is 6.99. The van der Waals surface area contributed by atoms with E-state index in [9.17, 15) is 4.79 Å². The summed E-state index contributed by atoms with van der Waals surface area (Å²) in [5.74, 6) is 0.760. The summed E-state index contributed by atoms with van der Waals surface area (Å²) < 4.78 is 5.17. The molecular formula is C17H29ClN2O2. The van der Waals surface area contributed by atoms with Crippen molar-refractivity contribution in [1.82, 2.24) is 5.32 Å². The topological polar surface area (TPSA) is 64.4 Å². The summed E-state index contributed by atoms with van der Waals surface area (Å²) in [6, 6.07) is 7.46. The molecule has 2 atom stereocenters. The van der Waals surface area contributed by atoms with Gasteiger partial charge in [-0.15, -0.1) is 12.4 Å². The predicted molar refractivity (Wildman–Crippen MR) is 93.5 cm³/mol. The fraction of sp³-hybridized carbons (Fsp3) is 0.588. The van der Waals surface area contributed by atoms with Crippen LogP contribution in [0.2, 0.25) is 0 Å². The van der Waals surface area contributed by atoms with Gasteiger partial charge in [0.2, 0.25) is 5.91 Å². The van der Waals surface area contributed by atoms with Gasteiger partial charge in [0, 0.05) is 0 Å². The molecule has 1 amide bonds. The highest BCUT2D eigenvalue weighted by Gasteiger charge is 2.18. The third-order valence-corrected chi connectivity index (χ3v) is 3.62. The molecule has 0 radical (unpaired) electrons. The third-order valence-electron chi connectivity index (χ3n) is 3.62. The molecule has 2 unspecified atom stereocenters. The molecule has 0 aromatic heterocycles. The van der Waals surface area contributed by atoms with Crippen LogP contribution in [0.25, 0.3) is 0 Å². The number of benzene rings is 1. The lowest BCUT2D eigenvalue weighted by atomic mass is 10.00. The summed E-state index contributed by atoms with van der Waals surface area (Å²) in [5, 5.41) is 3.09. The van der Waals surface area contributed by atoms with E-state index in [-0.39, 0.29) is 24.4 Å². The van der Waals surface area contributed by atoms with Gasteiger partial charge < -0.3 is 15.8 Å². The predicted octanol–water partition coefficient (Wildman–Crippen LogP) is 3.59. The van der Waals surface area contributed by atoms with Crippen LogP contribution in [0.5, 0.6) is 5.75 Å². The van der Waals surface area contributed by atoms with Gasteiger partial charge in [-0.25, -0.2) is 0 Å². The highest BCUT2D eigenvalue weighted by molar-refractivity contribution is 5.85. The molecule has 4 nitrogen and oxygen atoms in total. The second-order valence-corrected chi connectivity index (χ2v) is 5.37. The normalized spacial score (nSPS) is 12.9. The van der Waals surface area contributed by atoms with Crippen LogP contribution < -0.4 is 15.8 Å². The van der Waals surface area contributed by atoms with Crippen LogP contribution in [0.4, 0.5) is 0 Å². The quantitative estimate of drug-likeness (QED) is 0.728. The van der Waals surface area contributed by atoms with Crippen molar-refractivity contribution in [1.29, 1.82) is 0 Å². The fourth-order valence-electron chi connectivity index (χ4n) is 2.29. The Labute approximate surface area is 140 Å². The molecule has 0 aliphatic heterocycles. The van der Waals surface area contributed by atoms with E-state index in [0.29, 0.717) is 0 Å². The van der Waals surface area contributed by atoms with Crippen LogP contribution in [-0.2, 0) is 4.79 Å². The number of nitrogens with one attached hydrogen (secondary N) is 1. The van der Waals surface area contributed by atoms with Crippen molar-refractivity contribution in [3.63, 3.8) is 0 Å². The molecule has 0 spiro atoms. The molecular weight excluding hydrogens is 300 g/mol. The molecule has 1 rings (SSSR count). The molecule has 126 valence electrons. The molecule has 5 heteroatoms. The monoisotopic (exact) mass is 328 g/mol. The van der Waals surface area contributed by atoms with E-state index in [1.807, 2.05) is 31.2 Å². The van der Waals surface area contributed by atoms with Crippen molar-refractivity contribution >= 4 is 18.3 Å². The van der Waals surface area contributed by atoms with Crippen molar-refractivity contribution in [2.75, 3.05) is 7.11 Å². The molecule has 3 N–H and O–H groups in total. The first-order chi connectivity index (χ1) is 10.1. The number of unbranched alkanes of at least 4 members (excludes halogenated alkanes) is 1. The second-order valence-electron chi connectivity index (χ2n) is 5.37. The van der Waals surface area contributed by atoms with Crippen LogP contribution in [-0.4, -0.2) is 19.1 Å². The summed E-state index contributed by atoms with van der Waals surface area (Å²) >= 11 is 0. The van der Waals surface area contributed by atoms with Gasteiger partial charge in [-0.05, 0) is 30.5 Å². The minimum Gasteiger partial charge on any atom is -0.497 e. The number of nitrogens with two attached hydrogens (primary N) is 1. The maximum absolute atomic E-state index is 12.1. The first-order valence-corrected chi connectivity index (χ1v) is 7.82. The van der Waals surface area contributed by atoms with E-state index < -0.39 is 6.04 Å². The number of methoxy groups -OCH3 is 1. The van der Waals surface area contributed by atoms with E-state index in [1.54, 1.807) is 7.11 Å². The molecule has 0 bridgehead atoms. The third kappa shape index (κ3) is 6.67. The Morgan fingerprint density at radius 2 is 1.82 bits per heavy atom. The van der Waals surface area contributed by atoms with E-state index >= 15 is 0 Å². The SMILES string of the molecule is CCCCC(NC(=O)C(N)CCC)c1ccc(OC)cc1.Cl. The van der Waals surface area contributed by atoms with Crippen LogP contribution in [0, 0.1) is 0 Å². The van der Waals surface area contributed by atoms with Crippen molar-refractivity contribution in [3.05, 3.63) is 29.8 Å². The second kappa shape index (κ2) is 11.3. The molecule has 22 heavy (non-hydrogen) atoms. The number of carbonyl (C=O) groups is 1. The average Bonchev–Trinajstić information content (AvgIpc) is 2.51. The lowest BCUT2D eigenvalue weighted by Crippen LogP contribution is -2.42. The van der Waals surface area contributed by atoms with Gasteiger partial charge >= 0.3 is 0 Å². The minimum absolute atomic E-state index is 0. The van der Waals surface area contributed by atoms with Crippen molar-refractivity contribution in [2.24, 2.45) is 5.73 Å². The number of amides is 1. The molecule has 1 aromatic rings. The number of hydrogen-bond acceptors (Lipinski definition) is 3. The van der Waals surface area contributed by atoms with Gasteiger partial charge in [0.05, 0.1) is 19.2 Å². The van der Waals surface area contributed by atoms with Gasteiger partial charge in [-0.3, -0.25) is 4.79 Å². The number of rotatable bonds is 9. The Hall–Kier alpha value is -1.26. The number of halogens is 1. The molecule has 0 saturated heterocycles. The number of hydrogen-bond donors (Lipinski definition) is 2. The molecule has 0 aliphatic rings. The zero-order valence-corrected chi connectivity index (χ0v) is 14.6. The fourth-order valence-corrected chi connectivity index (χ4v) is 2.29. The molecule has 0 heterocycles. The highest BCUT2D eigenvalue weighted by atomic mass is 35.5. The maximum Gasteiger partial charge on any atom is 0.237 e. The van der Waals surface area contributed by atoms with Crippen molar-refractivity contribution in [3.8, 4) is 5.75 Å². The summed E-state index contributed by atoms with van der Waals surface area (Å²) in [6.07, 6.45) is 4.72. The average molecular weight is 329 g/mol. The van der Waals surface area contributed by atoms with Crippen LogP contribution in [0.3, 0.4) is 0 Å². The zero-order valence-electron chi connectivity index (χ0n) is 13.8. The van der Waals surface area contributed by atoms with Crippen LogP contribution >= 0.6 is 12.4 Å². The van der Waals surface area contributed by atoms with Gasteiger partial charge in [0.25, 0.3) is 0 Å². The largest absolute Gasteiger partial charge is 0.497 e. The van der Waals surface area contributed by atoms with Crippen LogP contribution in [0.1, 0.15) is 57.6 Å². The van der Waals surface area contributed by atoms with Crippen molar-refractivity contribution < 1.29 is 9.53 Å². The van der Waals surface area contributed by atoms with E-state index in [1.165, 1.54) is 0 Å². The van der Waals surface area contributed by atoms with E-state index in [0.717, 1.165) is 43.4 Å². The smallest absolute Gasteiger partial charge is 0.237 e. The van der Waals surface area contributed by atoms with Crippen molar-refractivity contribution in [2.45, 2.75) is 58.0 Å². The highest BCUT2D eigenvalue weighted by Crippen LogP contribution is 2.22. The molecule has 0 fully saturated rings. The Morgan fingerprint density at radius 3 is 2.32 bits per heavy atom. The number of ether oxygens (including phenoxy) is 1. The molecule has 1 aromatic carbocycles. The minimum atomic E-state index is -0.419. The van der Waals surface area contributed by atoms with Gasteiger partial charge in [-0.2, -0.15) is 0 Å². The van der Waals surface area contributed by atoms with Gasteiger partial charge in [-0.1, -0.05) is 45.2 Å². The zero-order chi connectivity index (χ0) is 15.7. The molecule has 0 aliphatic carbocycles. The van der Waals surface area contributed by atoms with Gasteiger partial charge in [0.15, 0.2) is 0 Å². The standard InChI is InChI=1S/C17H28N2O2.ClH/c1-4-6-8-16(19-17(20)15(18)7-5-2)13-9-11-14(21-3)12-10-13;/h9-12,15-16H,4-8,18H2,1-3H3,(H,19,20);1H. The Morgan fingerprint density at radius 1 is 1.18 bits per heavy atom. The Kier molecular flexibility index (Phi) is 10.7. The molecule has 0 saturated carbocycles. The van der Waals surface area contributed by atoms with E-state index in [2.05, 4.69) is 12.2 Å².